The Morgan fingerprint density at radius 1 is 1.23 bits per heavy atom. The highest BCUT2D eigenvalue weighted by Crippen LogP contribution is 2.45. The first kappa shape index (κ1) is 17.9. The minimum Gasteiger partial charge on any atom is -0.402 e. The second-order valence-corrected chi connectivity index (χ2v) is 4.98. The summed E-state index contributed by atoms with van der Waals surface area (Å²) in [4.78, 5) is 11.4. The molecule has 0 amide bonds. The Kier molecular flexibility index (Phi) is 4.26. The zero-order valence-corrected chi connectivity index (χ0v) is 10.6. The van der Waals surface area contributed by atoms with Crippen LogP contribution in [0.1, 0.15) is 5.56 Å². The van der Waals surface area contributed by atoms with E-state index in [0.717, 1.165) is 0 Å². The molecule has 0 saturated heterocycles. The fourth-order valence-corrected chi connectivity index (χ4v) is 1.89. The van der Waals surface area contributed by atoms with Crippen molar-refractivity contribution >= 4 is 15.7 Å². The molecule has 0 spiro atoms. The lowest BCUT2D eigenvalue weighted by molar-refractivity contribution is -0.388. The number of primary sulfonamides is 1. The van der Waals surface area contributed by atoms with Crippen LogP contribution in [0.15, 0.2) is 11.2 Å². The lowest BCUT2D eigenvalue weighted by Gasteiger charge is -2.16. The molecule has 8 nitrogen and oxygen atoms in total. The van der Waals surface area contributed by atoms with Gasteiger partial charge in [0.1, 0.15) is 6.20 Å². The zero-order chi connectivity index (χ0) is 17.5. The monoisotopic (exact) mass is 355 g/mol. The van der Waals surface area contributed by atoms with Gasteiger partial charge >= 0.3 is 18.2 Å². The van der Waals surface area contributed by atoms with Gasteiger partial charge in [0.25, 0.3) is 10.0 Å². The minimum absolute atomic E-state index is 0.189. The maximum Gasteiger partial charge on any atom is 0.573 e. The van der Waals surface area contributed by atoms with Crippen molar-refractivity contribution in [2.45, 2.75) is 17.6 Å². The van der Waals surface area contributed by atoms with Crippen molar-refractivity contribution in [2.24, 2.45) is 5.14 Å². The average molecular weight is 355 g/mol. The number of aromatic nitrogens is 1. The SMILES string of the molecule is NS(=O)(=O)c1ncc([N+](=O)[O-])c(C(F)(F)F)c1OC(F)(F)F. The highest BCUT2D eigenvalue weighted by molar-refractivity contribution is 7.89. The van der Waals surface area contributed by atoms with Crippen LogP contribution >= 0.6 is 0 Å². The molecule has 0 bridgehead atoms. The van der Waals surface area contributed by atoms with E-state index < -0.39 is 49.5 Å². The number of sulfonamides is 1. The lowest BCUT2D eigenvalue weighted by atomic mass is 10.2. The van der Waals surface area contributed by atoms with Crippen LogP contribution in [-0.4, -0.2) is 24.7 Å². The normalized spacial score (nSPS) is 13.0. The van der Waals surface area contributed by atoms with Crippen molar-refractivity contribution in [1.29, 1.82) is 0 Å². The summed E-state index contributed by atoms with van der Waals surface area (Å²) < 4.78 is 100.0. The molecule has 124 valence electrons. The van der Waals surface area contributed by atoms with E-state index in [1.165, 1.54) is 0 Å². The van der Waals surface area contributed by atoms with Crippen LogP contribution in [0, 0.1) is 10.1 Å². The van der Waals surface area contributed by atoms with Crippen LogP contribution < -0.4 is 9.88 Å². The maximum absolute atomic E-state index is 12.8. The van der Waals surface area contributed by atoms with Gasteiger partial charge in [-0.25, -0.2) is 18.5 Å². The van der Waals surface area contributed by atoms with Gasteiger partial charge in [-0.05, 0) is 0 Å². The van der Waals surface area contributed by atoms with Crippen LogP contribution in [0.2, 0.25) is 0 Å². The Hall–Kier alpha value is -2.16. The molecule has 0 radical (unpaired) electrons. The minimum atomic E-state index is -5.78. The Morgan fingerprint density at radius 2 is 1.73 bits per heavy atom. The smallest absolute Gasteiger partial charge is 0.402 e. The number of rotatable bonds is 3. The molecular formula is C7H3F6N3O5S. The van der Waals surface area contributed by atoms with E-state index in [-0.39, 0.29) is 6.20 Å². The third kappa shape index (κ3) is 3.94. The quantitative estimate of drug-likeness (QED) is 0.498. The molecule has 1 heterocycles. The first-order chi connectivity index (χ1) is 9.64. The van der Waals surface area contributed by atoms with E-state index in [4.69, 9.17) is 0 Å². The van der Waals surface area contributed by atoms with Gasteiger partial charge in [0.2, 0.25) is 5.03 Å². The summed E-state index contributed by atoms with van der Waals surface area (Å²) >= 11 is 0. The van der Waals surface area contributed by atoms with Crippen molar-refractivity contribution in [2.75, 3.05) is 0 Å². The van der Waals surface area contributed by atoms with E-state index >= 15 is 0 Å². The third-order valence-electron chi connectivity index (χ3n) is 1.95. The fourth-order valence-electron chi connectivity index (χ4n) is 1.29. The summed E-state index contributed by atoms with van der Waals surface area (Å²) in [5, 5.41) is 13.0. The molecule has 1 aromatic heterocycles. The van der Waals surface area contributed by atoms with Crippen molar-refractivity contribution in [3.63, 3.8) is 0 Å². The molecule has 0 aliphatic rings. The molecule has 0 fully saturated rings. The van der Waals surface area contributed by atoms with Crippen LogP contribution in [-0.2, 0) is 16.2 Å². The topological polar surface area (TPSA) is 125 Å². The van der Waals surface area contributed by atoms with E-state index in [9.17, 15) is 44.9 Å². The molecule has 22 heavy (non-hydrogen) atoms. The first-order valence-corrected chi connectivity index (χ1v) is 6.22. The highest BCUT2D eigenvalue weighted by Gasteiger charge is 2.48. The molecule has 0 saturated carbocycles. The van der Waals surface area contributed by atoms with Gasteiger partial charge in [-0.15, -0.1) is 13.2 Å². The molecule has 0 aliphatic heterocycles. The predicted molar refractivity (Wildman–Crippen MR) is 53.9 cm³/mol. The Morgan fingerprint density at radius 3 is 2.05 bits per heavy atom. The molecule has 0 atom stereocenters. The predicted octanol–water partition coefficient (Wildman–Crippen LogP) is 1.55. The van der Waals surface area contributed by atoms with Gasteiger partial charge in [-0.1, -0.05) is 0 Å². The molecule has 1 rings (SSSR count). The van der Waals surface area contributed by atoms with Gasteiger partial charge in [-0.3, -0.25) is 10.1 Å². The second kappa shape index (κ2) is 5.24. The van der Waals surface area contributed by atoms with Crippen LogP contribution in [0.5, 0.6) is 5.75 Å². The Balaban J connectivity index is 3.91. The second-order valence-electron chi connectivity index (χ2n) is 3.50. The number of hydrogen-bond acceptors (Lipinski definition) is 6. The van der Waals surface area contributed by atoms with Crippen molar-refractivity contribution in [3.8, 4) is 5.75 Å². The van der Waals surface area contributed by atoms with Crippen molar-refractivity contribution in [3.05, 3.63) is 21.9 Å². The number of nitrogens with zero attached hydrogens (tertiary/aromatic N) is 2. The van der Waals surface area contributed by atoms with Crippen LogP contribution in [0.25, 0.3) is 0 Å². The molecule has 1 aromatic rings. The van der Waals surface area contributed by atoms with Crippen LogP contribution in [0.4, 0.5) is 32.0 Å². The number of nitro groups is 1. The number of halogens is 6. The van der Waals surface area contributed by atoms with Gasteiger partial charge in [-0.2, -0.15) is 13.2 Å². The standard InChI is InChI=1S/C7H3F6N3O5S/c8-6(9,10)3-2(16(17)18)1-15-5(22(14,19)20)4(3)21-7(11,12)13/h1H,(H2,14,19,20). The summed E-state index contributed by atoms with van der Waals surface area (Å²) in [5.74, 6) is -2.42. The Labute approximate surface area is 116 Å². The van der Waals surface area contributed by atoms with Crippen molar-refractivity contribution in [1.82, 2.24) is 4.98 Å². The first-order valence-electron chi connectivity index (χ1n) is 4.67. The molecule has 2 N–H and O–H groups in total. The highest BCUT2D eigenvalue weighted by atomic mass is 32.2. The largest absolute Gasteiger partial charge is 0.573 e. The van der Waals surface area contributed by atoms with Crippen molar-refractivity contribution < 1.29 is 44.4 Å². The summed E-state index contributed by atoms with van der Waals surface area (Å²) in [6.07, 6.45) is -11.7. The van der Waals surface area contributed by atoms with Gasteiger partial charge in [0, 0.05) is 0 Å². The number of alkyl halides is 6. The molecule has 15 heteroatoms. The molecule has 0 unspecified atom stereocenters. The average Bonchev–Trinajstić information content (AvgIpc) is 2.22. The van der Waals surface area contributed by atoms with E-state index in [0.29, 0.717) is 0 Å². The summed E-state index contributed by atoms with van der Waals surface area (Å²) in [5.41, 5.74) is -4.51. The van der Waals surface area contributed by atoms with Crippen LogP contribution in [0.3, 0.4) is 0 Å². The molecule has 0 aromatic carbocycles. The summed E-state index contributed by atoms with van der Waals surface area (Å²) in [6.45, 7) is 0. The number of ether oxygens (including phenoxy) is 1. The van der Waals surface area contributed by atoms with E-state index in [2.05, 4.69) is 14.9 Å². The number of nitrogens with two attached hydrogens (primary N) is 1. The number of hydrogen-bond donors (Lipinski definition) is 1. The summed E-state index contributed by atoms with van der Waals surface area (Å²) in [6, 6.07) is 0. The van der Waals surface area contributed by atoms with Gasteiger partial charge < -0.3 is 4.74 Å². The number of pyridine rings is 1. The maximum atomic E-state index is 12.8. The van der Waals surface area contributed by atoms with E-state index in [1.54, 1.807) is 0 Å². The van der Waals surface area contributed by atoms with E-state index in [1.807, 2.05) is 0 Å². The summed E-state index contributed by atoms with van der Waals surface area (Å²) in [7, 11) is -5.19. The molecule has 0 aliphatic carbocycles. The molecular weight excluding hydrogens is 352 g/mol. The van der Waals surface area contributed by atoms with Gasteiger partial charge in [0.05, 0.1) is 4.92 Å². The van der Waals surface area contributed by atoms with Gasteiger partial charge in [0.15, 0.2) is 11.3 Å². The fraction of sp³-hybridized carbons (Fsp3) is 0.286. The lowest BCUT2D eigenvalue weighted by Crippen LogP contribution is -2.25. The Bertz CT molecular complexity index is 713. The third-order valence-corrected chi connectivity index (χ3v) is 2.78. The zero-order valence-electron chi connectivity index (χ0n) is 9.77.